The molecule has 750 valence electrons. The molecule has 3 saturated carbocycles. The summed E-state index contributed by atoms with van der Waals surface area (Å²) >= 11 is 0. The van der Waals surface area contributed by atoms with Gasteiger partial charge in [0.05, 0.1) is 147 Å². The monoisotopic (exact) mass is 2070 g/mol. The standard InChI is InChI=1S/C24H19BO7S.C21H17BO7S.C20H17BO7S.C18H21BO7S.C17H21BO7S/c25-14-15-9-10-20(23(26)31-11-12-33(28,29)30)21(13-15)32-24(27)22-18-7-3-1-5-16(18)17-6-2-4-8-19(17)22;22-13-14-8-9-18(20(23)28-10-11-30(25,26)27)19(12-14)29-21(24)17-7-3-5-15-4-1-2-6-16(15)17;21-12-13-5-7-17(19(22)27-9-10-29(24,25)26)18(11-13)28-20(23)16-8-6-14-3-1-2-4-15(14)16;19-10-14-4-3-13(17(20)25-5-6-27(22,23)24)9-16(14)26-18(21)15-8-11-1-2-12(15)7-11;18-11-14-7-6-13(16(19)24-8-9-26(21,22)23)10-15(14)25-17(20)12-4-2-1-3-5-12/h1-10,13,22H,11-12,14H2,(H,28,29,30);1-9,12H,10-11,13H2,(H,25,26,27);1-8,11,16H,9-10,12H2,(H,24,25,26);3-4,9,11-12,15H,1-2,5-8,10H2,(H,22,23,24);6-7,10,12H,1-5,8-9,11H2,(H,21,22,23)/p-5. The Kier molecular flexibility index (Phi) is 39.8. The van der Waals surface area contributed by atoms with Crippen LogP contribution in [0.15, 0.2) is 212 Å². The van der Waals surface area contributed by atoms with E-state index < -0.39 is 172 Å². The van der Waals surface area contributed by atoms with E-state index in [1.165, 1.54) is 67.1 Å². The van der Waals surface area contributed by atoms with E-state index in [0.717, 1.165) is 90.1 Å². The average molecular weight is 2070 g/mol. The largest absolute Gasteiger partial charge is 0.748 e. The topological polar surface area (TPSA) is 549 Å². The van der Waals surface area contributed by atoms with Gasteiger partial charge in [-0.05, 0) is 166 Å². The van der Waals surface area contributed by atoms with Gasteiger partial charge in [-0.15, -0.1) is 0 Å². The molecule has 10 aromatic rings. The predicted molar refractivity (Wildman–Crippen MR) is 523 cm³/mol. The first-order chi connectivity index (χ1) is 68.9. The molecule has 2 bridgehead atoms. The molecule has 0 heterocycles. The summed E-state index contributed by atoms with van der Waals surface area (Å²) in [6.07, 6.45) is 13.0. The van der Waals surface area contributed by atoms with Gasteiger partial charge in [0.25, 0.3) is 0 Å². The lowest BCUT2D eigenvalue weighted by Gasteiger charge is -2.20. The number of benzene rings is 10. The molecule has 145 heavy (non-hydrogen) atoms. The van der Waals surface area contributed by atoms with E-state index in [9.17, 15) is 113 Å². The summed E-state index contributed by atoms with van der Waals surface area (Å²) in [5, 5.41) is 1.53. The van der Waals surface area contributed by atoms with Gasteiger partial charge in [0.15, 0.2) is 0 Å². The Balaban J connectivity index is 0.000000173. The normalized spacial score (nSPS) is 15.4. The highest BCUT2D eigenvalue weighted by atomic mass is 32.2. The second kappa shape index (κ2) is 51.5. The van der Waals surface area contributed by atoms with Crippen molar-refractivity contribution in [1.82, 2.24) is 0 Å². The smallest absolute Gasteiger partial charge is 0.344 e. The summed E-state index contributed by atoms with van der Waals surface area (Å²) in [5.74, 6) is -11.5. The van der Waals surface area contributed by atoms with Gasteiger partial charge in [-0.3, -0.25) is 19.2 Å². The molecule has 0 aromatic heterocycles. The molecular formula is C100H90B5O35S5-5. The summed E-state index contributed by atoms with van der Waals surface area (Å²) < 4.78 is 211. The van der Waals surface area contributed by atoms with Crippen LogP contribution < -0.4 is 23.7 Å². The van der Waals surface area contributed by atoms with Crippen LogP contribution in [-0.4, -0.2) is 226 Å². The average Bonchev–Trinajstić information content (AvgIpc) is 1.60. The van der Waals surface area contributed by atoms with Crippen molar-refractivity contribution in [3.63, 3.8) is 0 Å². The fourth-order valence-corrected chi connectivity index (χ4v) is 17.8. The lowest BCUT2D eigenvalue weighted by atomic mass is 9.89. The SMILES string of the molecule is [B]Cc1ccc(C(=O)OCCS(=O)(=O)[O-])c(OC(=O)C2C=Cc3ccccc32)c1.[B]Cc1ccc(C(=O)OCCS(=O)(=O)[O-])c(OC(=O)C2c3ccccc3-c3ccccc32)c1.[B]Cc1ccc(C(=O)OCCS(=O)(=O)[O-])c(OC(=O)c2cccc3ccccc23)c1.[B]Cc1ccc(C(=O)OCCS(=O)(=O)[O-])cc1OC(=O)C1CC2CCC1C2.[B]Cc1ccc(C(=O)OCCS(=O)(=O)[O-])cc1OC(=O)C1CCCCC1. The predicted octanol–water partition coefficient (Wildman–Crippen LogP) is 9.92. The molecule has 0 aliphatic heterocycles. The minimum atomic E-state index is -4.54. The van der Waals surface area contributed by atoms with Crippen molar-refractivity contribution in [2.45, 2.75) is 101 Å². The van der Waals surface area contributed by atoms with Crippen molar-refractivity contribution in [3.05, 3.63) is 296 Å². The fourth-order valence-electron chi connectivity index (χ4n) is 16.3. The van der Waals surface area contributed by atoms with E-state index in [0.29, 0.717) is 50.6 Å². The van der Waals surface area contributed by atoms with Crippen LogP contribution in [0.2, 0.25) is 0 Å². The molecule has 0 spiro atoms. The maximum absolute atomic E-state index is 13.3. The first-order valence-electron chi connectivity index (χ1n) is 45.1. The molecule has 0 amide bonds. The highest BCUT2D eigenvalue weighted by Crippen LogP contribution is 2.50. The lowest BCUT2D eigenvalue weighted by molar-refractivity contribution is -0.141. The molecule has 10 radical (unpaired) electrons. The third-order valence-electron chi connectivity index (χ3n) is 23.5. The van der Waals surface area contributed by atoms with Gasteiger partial charge in [-0.1, -0.05) is 226 Å². The third kappa shape index (κ3) is 32.9. The van der Waals surface area contributed by atoms with Gasteiger partial charge in [0.1, 0.15) is 90.3 Å². The Bertz CT molecular complexity index is 7090. The molecule has 15 rings (SSSR count). The van der Waals surface area contributed by atoms with E-state index in [1.54, 1.807) is 60.7 Å². The van der Waals surface area contributed by atoms with Gasteiger partial charge in [-0.25, -0.2) is 70.9 Å². The third-order valence-corrected chi connectivity index (χ3v) is 26.9. The van der Waals surface area contributed by atoms with Crippen molar-refractivity contribution in [1.29, 1.82) is 0 Å². The Morgan fingerprint density at radius 1 is 0.324 bits per heavy atom. The number of carbonyl (C=O) groups excluding carboxylic acids is 10. The van der Waals surface area contributed by atoms with E-state index in [4.69, 9.17) is 86.6 Å². The quantitative estimate of drug-likeness (QED) is 0.0117. The van der Waals surface area contributed by atoms with Crippen LogP contribution in [-0.2, 0) is 125 Å². The summed E-state index contributed by atoms with van der Waals surface area (Å²) in [7, 11) is 5.77. The van der Waals surface area contributed by atoms with Crippen LogP contribution >= 0.6 is 0 Å². The molecular weight excluding hydrogens is 1980 g/mol. The van der Waals surface area contributed by atoms with Crippen molar-refractivity contribution in [3.8, 4) is 39.9 Å². The molecule has 10 aromatic carbocycles. The molecule has 45 heteroatoms. The minimum Gasteiger partial charge on any atom is -0.748 e. The molecule has 5 aliphatic rings. The zero-order chi connectivity index (χ0) is 105. The van der Waals surface area contributed by atoms with Crippen LogP contribution in [0.4, 0.5) is 0 Å². The number of hydrogen-bond acceptors (Lipinski definition) is 35. The number of ether oxygens (including phenoxy) is 10. The van der Waals surface area contributed by atoms with Crippen molar-refractivity contribution >= 4 is 166 Å². The first kappa shape index (κ1) is 112. The fraction of sp³-hybridized carbons (Fsp3) is 0.300. The maximum atomic E-state index is 13.3. The maximum Gasteiger partial charge on any atom is 0.344 e. The number of esters is 10. The zero-order valence-corrected chi connectivity index (χ0v) is 81.5. The number of hydrogen-bond donors (Lipinski definition) is 0. The van der Waals surface area contributed by atoms with E-state index >= 15 is 0 Å². The lowest BCUT2D eigenvalue weighted by Crippen LogP contribution is -2.26. The highest BCUT2D eigenvalue weighted by molar-refractivity contribution is 7.86. The Morgan fingerprint density at radius 3 is 1.14 bits per heavy atom. The molecule has 3 fully saturated rings. The second-order valence-electron chi connectivity index (χ2n) is 33.4. The second-order valence-corrected chi connectivity index (χ2v) is 41.1. The summed E-state index contributed by atoms with van der Waals surface area (Å²) in [5.41, 5.74) is 8.36. The Labute approximate surface area is 843 Å². The van der Waals surface area contributed by atoms with Crippen molar-refractivity contribution in [2.24, 2.45) is 23.7 Å². The summed E-state index contributed by atoms with van der Waals surface area (Å²) in [4.78, 5) is 125. The van der Waals surface area contributed by atoms with E-state index in [2.05, 4.69) is 0 Å². The van der Waals surface area contributed by atoms with Gasteiger partial charge < -0.3 is 70.1 Å². The molecule has 5 aliphatic carbocycles. The molecule has 35 nitrogen and oxygen atoms in total. The van der Waals surface area contributed by atoms with E-state index in [-0.39, 0.29) is 112 Å². The van der Waals surface area contributed by atoms with Gasteiger partial charge in [0.2, 0.25) is 0 Å². The molecule has 4 unspecified atom stereocenters. The number of fused-ring (bicyclic) bond motifs is 7. The molecule has 0 saturated heterocycles. The minimum absolute atomic E-state index is 0.0503. The van der Waals surface area contributed by atoms with E-state index in [1.807, 2.05) is 97.1 Å². The molecule has 4 atom stereocenters. The highest BCUT2D eigenvalue weighted by Gasteiger charge is 2.45. The Hall–Kier alpha value is -13.2. The van der Waals surface area contributed by atoms with Crippen LogP contribution in [0.25, 0.3) is 28.0 Å². The van der Waals surface area contributed by atoms with Gasteiger partial charge in [0, 0.05) is 0 Å². The summed E-state index contributed by atoms with van der Waals surface area (Å²) in [6, 6.07) is 56.7. The van der Waals surface area contributed by atoms with Crippen LogP contribution in [0.3, 0.4) is 0 Å². The van der Waals surface area contributed by atoms with Gasteiger partial charge >= 0.3 is 59.7 Å². The molecule has 0 N–H and O–H groups in total. The Morgan fingerprint density at radius 2 is 0.717 bits per heavy atom. The van der Waals surface area contributed by atoms with Crippen LogP contribution in [0.1, 0.15) is 182 Å². The van der Waals surface area contributed by atoms with Crippen molar-refractivity contribution < 1.29 is 160 Å². The van der Waals surface area contributed by atoms with Crippen LogP contribution in [0, 0.1) is 23.7 Å². The summed E-state index contributed by atoms with van der Waals surface area (Å²) in [6.45, 7) is -2.90. The number of rotatable bonds is 35. The van der Waals surface area contributed by atoms with Crippen LogP contribution in [0.5, 0.6) is 28.7 Å². The van der Waals surface area contributed by atoms with Gasteiger partial charge in [-0.2, -0.15) is 0 Å². The first-order valence-corrected chi connectivity index (χ1v) is 53.0. The van der Waals surface area contributed by atoms with Crippen molar-refractivity contribution in [2.75, 3.05) is 61.8 Å². The number of carbonyl (C=O) groups is 10. The zero-order valence-electron chi connectivity index (χ0n) is 77.4.